The molecule has 0 aliphatic heterocycles. The summed E-state index contributed by atoms with van der Waals surface area (Å²) in [5.74, 6) is 0. The molecule has 1 atom stereocenters. The molecule has 0 saturated carbocycles. The maximum absolute atomic E-state index is 11.5. The van der Waals surface area contributed by atoms with Gasteiger partial charge >= 0.3 is 6.09 Å². The van der Waals surface area contributed by atoms with Crippen LogP contribution in [0.2, 0.25) is 0 Å². The van der Waals surface area contributed by atoms with Crippen LogP contribution in [-0.4, -0.2) is 29.7 Å². The van der Waals surface area contributed by atoms with Crippen molar-refractivity contribution in [2.45, 2.75) is 44.6 Å². The van der Waals surface area contributed by atoms with Crippen molar-refractivity contribution >= 4 is 35.0 Å². The Bertz CT molecular complexity index is 575. The Hall–Kier alpha value is -0.590. The summed E-state index contributed by atoms with van der Waals surface area (Å²) < 4.78 is 10.5. The van der Waals surface area contributed by atoms with Crippen LogP contribution in [-0.2, 0) is 27.5 Å². The lowest BCUT2D eigenvalue weighted by atomic mass is 10.2. The molecule has 0 heterocycles. The third-order valence-electron chi connectivity index (χ3n) is 2.55. The molecule has 0 bridgehead atoms. The molecule has 8 heteroatoms. The van der Waals surface area contributed by atoms with Gasteiger partial charge in [-0.05, 0) is 68.1 Å². The van der Waals surface area contributed by atoms with E-state index in [0.29, 0.717) is 0 Å². The van der Waals surface area contributed by atoms with E-state index < -0.39 is 17.4 Å². The van der Waals surface area contributed by atoms with Crippen molar-refractivity contribution < 1.29 is 18.9 Å². The van der Waals surface area contributed by atoms with E-state index in [-0.39, 0.29) is 13.2 Å². The van der Waals surface area contributed by atoms with E-state index in [2.05, 4.69) is 12.2 Å². The standard InChI is InChI=1S/C15H24NO4PS2/c1-5-12-7-6-8-13(11-12)23-21(18,22)19-10-9-16-14(17)20-15(2,3)4/h6-8,11H,5,9-10H2,1-4H3,(H,16,17)(H,18,22). The van der Waals surface area contributed by atoms with Crippen molar-refractivity contribution in [2.24, 2.45) is 0 Å². The van der Waals surface area contributed by atoms with E-state index in [1.54, 1.807) is 20.8 Å². The second kappa shape index (κ2) is 9.04. The number of ether oxygens (including phenoxy) is 1. The number of carbonyl (C=O) groups is 1. The third kappa shape index (κ3) is 9.33. The molecule has 0 aromatic heterocycles. The molecule has 0 radical (unpaired) electrons. The lowest BCUT2D eigenvalue weighted by Crippen LogP contribution is -2.34. The van der Waals surface area contributed by atoms with Crippen LogP contribution in [0, 0.1) is 0 Å². The maximum atomic E-state index is 11.5. The molecule has 1 amide bonds. The molecule has 23 heavy (non-hydrogen) atoms. The predicted molar refractivity (Wildman–Crippen MR) is 98.4 cm³/mol. The van der Waals surface area contributed by atoms with Crippen molar-refractivity contribution in [1.29, 1.82) is 0 Å². The van der Waals surface area contributed by atoms with Crippen LogP contribution in [0.15, 0.2) is 29.2 Å². The van der Waals surface area contributed by atoms with Gasteiger partial charge in [-0.15, -0.1) is 0 Å². The average Bonchev–Trinajstić information content (AvgIpc) is 2.41. The molecule has 0 fully saturated rings. The Morgan fingerprint density at radius 1 is 1.43 bits per heavy atom. The largest absolute Gasteiger partial charge is 0.444 e. The average molecular weight is 377 g/mol. The van der Waals surface area contributed by atoms with E-state index >= 15 is 0 Å². The van der Waals surface area contributed by atoms with E-state index in [0.717, 1.165) is 22.7 Å². The minimum atomic E-state index is -2.99. The van der Waals surface area contributed by atoms with Gasteiger partial charge in [-0.25, -0.2) is 4.79 Å². The Balaban J connectivity index is 2.38. The normalized spacial score (nSPS) is 14.1. The Morgan fingerprint density at radius 2 is 2.13 bits per heavy atom. The first-order valence-electron chi connectivity index (χ1n) is 7.34. The van der Waals surface area contributed by atoms with Crippen LogP contribution in [0.3, 0.4) is 0 Å². The number of alkyl carbamates (subject to hydrolysis) is 1. The van der Waals surface area contributed by atoms with Gasteiger partial charge in [0.2, 0.25) is 5.69 Å². The summed E-state index contributed by atoms with van der Waals surface area (Å²) in [6.07, 6.45) is 0.402. The van der Waals surface area contributed by atoms with Crippen LogP contribution >= 0.6 is 17.1 Å². The van der Waals surface area contributed by atoms with Crippen molar-refractivity contribution in [3.05, 3.63) is 29.8 Å². The second-order valence-electron chi connectivity index (χ2n) is 5.82. The van der Waals surface area contributed by atoms with Crippen LogP contribution < -0.4 is 5.32 Å². The SMILES string of the molecule is CCc1cccc(SP(O)(=S)OCCNC(=O)OC(C)(C)C)c1. The molecule has 0 saturated heterocycles. The van der Waals surface area contributed by atoms with Crippen molar-refractivity contribution in [3.63, 3.8) is 0 Å². The molecular weight excluding hydrogens is 353 g/mol. The summed E-state index contributed by atoms with van der Waals surface area (Å²) in [5.41, 5.74) is -2.36. The lowest BCUT2D eigenvalue weighted by Gasteiger charge is -2.20. The van der Waals surface area contributed by atoms with Crippen LogP contribution in [0.5, 0.6) is 0 Å². The highest BCUT2D eigenvalue weighted by atomic mass is 32.9. The van der Waals surface area contributed by atoms with Crippen LogP contribution in [0.4, 0.5) is 4.79 Å². The van der Waals surface area contributed by atoms with Gasteiger partial charge in [0.1, 0.15) is 5.60 Å². The first-order valence-corrected chi connectivity index (χ1v) is 11.4. The van der Waals surface area contributed by atoms with E-state index in [1.165, 1.54) is 5.56 Å². The minimum Gasteiger partial charge on any atom is -0.444 e. The minimum absolute atomic E-state index is 0.132. The summed E-state index contributed by atoms with van der Waals surface area (Å²) in [7, 11) is 0. The van der Waals surface area contributed by atoms with E-state index in [9.17, 15) is 9.69 Å². The maximum Gasteiger partial charge on any atom is 0.407 e. The molecule has 1 aromatic rings. The molecule has 1 rings (SSSR count). The molecular formula is C15H24NO4PS2. The Kier molecular flexibility index (Phi) is 8.04. The van der Waals surface area contributed by atoms with Gasteiger partial charge in [0.25, 0.3) is 0 Å². The zero-order valence-corrected chi connectivity index (χ0v) is 16.4. The fourth-order valence-corrected chi connectivity index (χ4v) is 5.11. The van der Waals surface area contributed by atoms with Gasteiger partial charge in [-0.2, -0.15) is 0 Å². The van der Waals surface area contributed by atoms with Crippen LogP contribution in [0.25, 0.3) is 0 Å². The number of rotatable bonds is 7. The first kappa shape index (κ1) is 20.5. The number of carbonyl (C=O) groups excluding carboxylic acids is 1. The van der Waals surface area contributed by atoms with Crippen molar-refractivity contribution in [2.75, 3.05) is 13.2 Å². The molecule has 2 N–H and O–H groups in total. The number of aryl methyl sites for hydroxylation is 1. The number of benzene rings is 1. The number of hydrogen-bond acceptors (Lipinski definition) is 5. The topological polar surface area (TPSA) is 67.8 Å². The third-order valence-corrected chi connectivity index (χ3v) is 6.38. The molecule has 1 unspecified atom stereocenters. The number of nitrogens with one attached hydrogen (secondary N) is 1. The summed E-state index contributed by atoms with van der Waals surface area (Å²) in [4.78, 5) is 22.6. The fourth-order valence-electron chi connectivity index (χ4n) is 1.61. The summed E-state index contributed by atoms with van der Waals surface area (Å²) in [6.45, 7) is 7.79. The first-order chi connectivity index (χ1) is 10.6. The quantitative estimate of drug-likeness (QED) is 0.551. The van der Waals surface area contributed by atoms with E-state index in [1.807, 2.05) is 24.3 Å². The Labute approximate surface area is 147 Å². The number of amides is 1. The lowest BCUT2D eigenvalue weighted by molar-refractivity contribution is 0.0520. The molecule has 1 aromatic carbocycles. The highest BCUT2D eigenvalue weighted by Crippen LogP contribution is 2.59. The highest BCUT2D eigenvalue weighted by Gasteiger charge is 2.18. The molecule has 0 spiro atoms. The smallest absolute Gasteiger partial charge is 0.407 e. The highest BCUT2D eigenvalue weighted by molar-refractivity contribution is 8.67. The second-order valence-corrected chi connectivity index (χ2v) is 11.9. The zero-order chi connectivity index (χ0) is 17.5. The summed E-state index contributed by atoms with van der Waals surface area (Å²) in [5, 5.41) is 2.56. The summed E-state index contributed by atoms with van der Waals surface area (Å²) in [6, 6.07) is 7.84. The summed E-state index contributed by atoms with van der Waals surface area (Å²) >= 11 is 6.29. The van der Waals surface area contributed by atoms with Gasteiger partial charge < -0.3 is 19.5 Å². The van der Waals surface area contributed by atoms with Gasteiger partial charge in [-0.1, -0.05) is 19.1 Å². The predicted octanol–water partition coefficient (Wildman–Crippen LogP) is 4.10. The van der Waals surface area contributed by atoms with Crippen molar-refractivity contribution in [3.8, 4) is 0 Å². The Morgan fingerprint density at radius 3 is 2.74 bits per heavy atom. The molecule has 5 nitrogen and oxygen atoms in total. The van der Waals surface area contributed by atoms with Gasteiger partial charge in [0, 0.05) is 11.4 Å². The molecule has 0 aliphatic rings. The molecule has 0 aliphatic carbocycles. The molecule has 130 valence electrons. The van der Waals surface area contributed by atoms with Gasteiger partial charge in [-0.3, -0.25) is 0 Å². The van der Waals surface area contributed by atoms with Crippen molar-refractivity contribution in [1.82, 2.24) is 5.32 Å². The van der Waals surface area contributed by atoms with Gasteiger partial charge in [0.15, 0.2) is 0 Å². The van der Waals surface area contributed by atoms with E-state index in [4.69, 9.17) is 21.1 Å². The zero-order valence-electron chi connectivity index (χ0n) is 13.9. The van der Waals surface area contributed by atoms with Crippen LogP contribution in [0.1, 0.15) is 33.3 Å². The fraction of sp³-hybridized carbons (Fsp3) is 0.533. The monoisotopic (exact) mass is 377 g/mol. The number of hydrogen-bond donors (Lipinski definition) is 2. The van der Waals surface area contributed by atoms with Gasteiger partial charge in [0.05, 0.1) is 6.61 Å².